The minimum atomic E-state index is -0.0562. The molecule has 2 aliphatic rings. The van der Waals surface area contributed by atoms with Gasteiger partial charge in [-0.3, -0.25) is 0 Å². The van der Waals surface area contributed by atoms with Crippen LogP contribution in [0.25, 0.3) is 0 Å². The number of rotatable bonds is 5. The van der Waals surface area contributed by atoms with Crippen molar-refractivity contribution in [2.75, 3.05) is 6.61 Å². The number of nitrogens with one attached hydrogen (secondary N) is 1. The van der Waals surface area contributed by atoms with Gasteiger partial charge in [0.25, 0.3) is 0 Å². The minimum Gasteiger partial charge on any atom is -0.394 e. The number of hydrogen-bond acceptors (Lipinski definition) is 3. The fourth-order valence-electron chi connectivity index (χ4n) is 3.50. The van der Waals surface area contributed by atoms with Crippen LogP contribution in [0, 0.1) is 0 Å². The van der Waals surface area contributed by atoms with E-state index < -0.39 is 0 Å². The molecule has 0 radical (unpaired) electrons. The normalized spacial score (nSPS) is 31.6. The zero-order valence-corrected chi connectivity index (χ0v) is 11.8. The molecule has 3 rings (SSSR count). The van der Waals surface area contributed by atoms with Crippen LogP contribution in [0.3, 0.4) is 0 Å². The fraction of sp³-hybridized carbons (Fsp3) is 0.800. The average Bonchev–Trinajstić information content (AvgIpc) is 3.11. The average molecular weight is 263 g/mol. The van der Waals surface area contributed by atoms with Crippen LogP contribution < -0.4 is 5.32 Å². The molecule has 2 N–H and O–H groups in total. The molecule has 2 atom stereocenters. The summed E-state index contributed by atoms with van der Waals surface area (Å²) >= 11 is 0. The first kappa shape index (κ1) is 13.1. The number of aliphatic hydroxyl groups is 1. The first-order valence-electron chi connectivity index (χ1n) is 7.66. The second-order valence-electron chi connectivity index (χ2n) is 6.21. The Balaban J connectivity index is 1.76. The van der Waals surface area contributed by atoms with Gasteiger partial charge in [0, 0.05) is 36.4 Å². The summed E-state index contributed by atoms with van der Waals surface area (Å²) in [5.41, 5.74) is -0.0562. The van der Waals surface area contributed by atoms with Gasteiger partial charge in [-0.25, -0.2) is 4.98 Å². The highest BCUT2D eigenvalue weighted by molar-refractivity contribution is 5.03. The monoisotopic (exact) mass is 263 g/mol. The molecule has 0 spiro atoms. The van der Waals surface area contributed by atoms with Gasteiger partial charge < -0.3 is 15.0 Å². The van der Waals surface area contributed by atoms with Crippen molar-refractivity contribution in [3.8, 4) is 0 Å². The molecule has 0 saturated heterocycles. The number of aryl methyl sites for hydroxylation is 1. The molecular weight excluding hydrogens is 238 g/mol. The number of aliphatic hydroxyl groups excluding tert-OH is 1. The van der Waals surface area contributed by atoms with Gasteiger partial charge in [-0.05, 0) is 38.5 Å². The van der Waals surface area contributed by atoms with Crippen LogP contribution in [0.4, 0.5) is 0 Å². The van der Waals surface area contributed by atoms with Crippen LogP contribution in [-0.4, -0.2) is 32.8 Å². The molecule has 0 aromatic carbocycles. The maximum atomic E-state index is 9.87. The largest absolute Gasteiger partial charge is 0.394 e. The first-order valence-corrected chi connectivity index (χ1v) is 7.66. The van der Waals surface area contributed by atoms with E-state index in [0.29, 0.717) is 12.1 Å². The van der Waals surface area contributed by atoms with E-state index in [1.54, 1.807) is 0 Å². The van der Waals surface area contributed by atoms with Gasteiger partial charge in [0.15, 0.2) is 0 Å². The molecule has 1 aromatic rings. The topological polar surface area (TPSA) is 50.1 Å². The molecule has 2 unspecified atom stereocenters. The Morgan fingerprint density at radius 3 is 3.00 bits per heavy atom. The van der Waals surface area contributed by atoms with E-state index in [2.05, 4.69) is 28.0 Å². The van der Waals surface area contributed by atoms with Crippen LogP contribution in [0.5, 0.6) is 0 Å². The molecule has 4 heteroatoms. The summed E-state index contributed by atoms with van der Waals surface area (Å²) in [7, 11) is 0. The summed E-state index contributed by atoms with van der Waals surface area (Å²) < 4.78 is 2.33. The smallest absolute Gasteiger partial charge is 0.108 e. The Hall–Kier alpha value is -0.870. The highest BCUT2D eigenvalue weighted by atomic mass is 16.3. The summed E-state index contributed by atoms with van der Waals surface area (Å²) in [6.07, 6.45) is 12.1. The van der Waals surface area contributed by atoms with E-state index in [-0.39, 0.29) is 12.1 Å². The Morgan fingerprint density at radius 2 is 2.32 bits per heavy atom. The van der Waals surface area contributed by atoms with Crippen molar-refractivity contribution in [3.63, 3.8) is 0 Å². The zero-order valence-electron chi connectivity index (χ0n) is 11.8. The molecule has 0 bridgehead atoms. The Bertz CT molecular complexity index is 427. The lowest BCUT2D eigenvalue weighted by Gasteiger charge is -2.41. The lowest BCUT2D eigenvalue weighted by molar-refractivity contribution is 0.0952. The number of hydrogen-bond donors (Lipinski definition) is 2. The van der Waals surface area contributed by atoms with Crippen molar-refractivity contribution in [3.05, 3.63) is 18.2 Å². The zero-order chi connectivity index (χ0) is 13.3. The maximum Gasteiger partial charge on any atom is 0.108 e. The highest BCUT2D eigenvalue weighted by Gasteiger charge is 2.40. The molecule has 4 nitrogen and oxygen atoms in total. The first-order chi connectivity index (χ1) is 9.26. The third-order valence-corrected chi connectivity index (χ3v) is 4.67. The number of nitrogens with zero attached hydrogens (tertiary/aromatic N) is 2. The summed E-state index contributed by atoms with van der Waals surface area (Å²) in [5.74, 6) is 1.17. The third-order valence-electron chi connectivity index (χ3n) is 4.67. The van der Waals surface area contributed by atoms with Gasteiger partial charge in [-0.2, -0.15) is 0 Å². The van der Waals surface area contributed by atoms with E-state index in [1.165, 1.54) is 31.5 Å². The summed E-state index contributed by atoms with van der Waals surface area (Å²) in [6, 6.07) is 1.14. The quantitative estimate of drug-likeness (QED) is 0.855. The van der Waals surface area contributed by atoms with Crippen LogP contribution in [-0.2, 0) is 6.42 Å². The van der Waals surface area contributed by atoms with E-state index >= 15 is 0 Å². The van der Waals surface area contributed by atoms with Crippen molar-refractivity contribution in [1.82, 2.24) is 14.9 Å². The lowest BCUT2D eigenvalue weighted by Crippen LogP contribution is -2.52. The molecule has 1 aromatic heterocycles. The highest BCUT2D eigenvalue weighted by Crippen LogP contribution is 2.38. The van der Waals surface area contributed by atoms with Crippen molar-refractivity contribution >= 4 is 0 Å². The summed E-state index contributed by atoms with van der Waals surface area (Å²) in [6.45, 7) is 2.42. The van der Waals surface area contributed by atoms with E-state index in [0.717, 1.165) is 19.3 Å². The standard InChI is InChI=1S/C15H25N3O/c1-2-14-16-8-9-18(14)13-4-3-7-15(10-13,11-19)17-12-5-6-12/h8-9,12-13,17,19H,2-7,10-11H2,1H3. The summed E-state index contributed by atoms with van der Waals surface area (Å²) in [4.78, 5) is 4.44. The minimum absolute atomic E-state index is 0.0562. The van der Waals surface area contributed by atoms with Crippen LogP contribution in [0.15, 0.2) is 12.4 Å². The van der Waals surface area contributed by atoms with E-state index in [4.69, 9.17) is 0 Å². The van der Waals surface area contributed by atoms with Gasteiger partial charge >= 0.3 is 0 Å². The van der Waals surface area contributed by atoms with Crippen molar-refractivity contribution in [1.29, 1.82) is 0 Å². The Labute approximate surface area is 115 Å². The lowest BCUT2D eigenvalue weighted by atomic mass is 9.79. The van der Waals surface area contributed by atoms with Gasteiger partial charge in [0.05, 0.1) is 6.61 Å². The second kappa shape index (κ2) is 5.25. The molecule has 19 heavy (non-hydrogen) atoms. The van der Waals surface area contributed by atoms with Crippen molar-refractivity contribution < 1.29 is 5.11 Å². The fourth-order valence-corrected chi connectivity index (χ4v) is 3.50. The predicted molar refractivity (Wildman–Crippen MR) is 75.1 cm³/mol. The summed E-state index contributed by atoms with van der Waals surface area (Å²) in [5, 5.41) is 13.6. The van der Waals surface area contributed by atoms with Crippen molar-refractivity contribution in [2.45, 2.75) is 69.5 Å². The third kappa shape index (κ3) is 2.70. The van der Waals surface area contributed by atoms with Gasteiger partial charge in [-0.15, -0.1) is 0 Å². The molecule has 2 fully saturated rings. The van der Waals surface area contributed by atoms with Gasteiger partial charge in [-0.1, -0.05) is 6.92 Å². The molecule has 1 heterocycles. The van der Waals surface area contributed by atoms with Crippen LogP contribution in [0.1, 0.15) is 57.3 Å². The Morgan fingerprint density at radius 1 is 1.47 bits per heavy atom. The molecule has 0 aliphatic heterocycles. The number of aromatic nitrogens is 2. The SMILES string of the molecule is CCc1nccn1C1CCCC(CO)(NC2CC2)C1. The molecule has 106 valence electrons. The van der Waals surface area contributed by atoms with Crippen molar-refractivity contribution in [2.24, 2.45) is 0 Å². The van der Waals surface area contributed by atoms with Crippen LogP contribution >= 0.6 is 0 Å². The van der Waals surface area contributed by atoms with E-state index in [9.17, 15) is 5.11 Å². The number of imidazole rings is 1. The van der Waals surface area contributed by atoms with Crippen LogP contribution in [0.2, 0.25) is 0 Å². The maximum absolute atomic E-state index is 9.87. The molecule has 2 saturated carbocycles. The molecular formula is C15H25N3O. The van der Waals surface area contributed by atoms with E-state index in [1.807, 2.05) is 6.20 Å². The Kier molecular flexibility index (Phi) is 3.63. The van der Waals surface area contributed by atoms with Gasteiger partial charge in [0.2, 0.25) is 0 Å². The van der Waals surface area contributed by atoms with Gasteiger partial charge in [0.1, 0.15) is 5.82 Å². The molecule has 2 aliphatic carbocycles. The molecule has 0 amide bonds. The predicted octanol–water partition coefficient (Wildman–Crippen LogP) is 2.04. The second-order valence-corrected chi connectivity index (χ2v) is 6.21.